The fourth-order valence-corrected chi connectivity index (χ4v) is 4.10. The van der Waals surface area contributed by atoms with E-state index in [9.17, 15) is 13.2 Å². The molecule has 0 atom stereocenters. The van der Waals surface area contributed by atoms with Gasteiger partial charge in [-0.3, -0.25) is 4.79 Å². The molecule has 1 N–H and O–H groups in total. The topological polar surface area (TPSA) is 75.7 Å². The second-order valence-corrected chi connectivity index (χ2v) is 9.10. The minimum Gasteiger partial charge on any atom is -0.489 e. The summed E-state index contributed by atoms with van der Waals surface area (Å²) in [5.41, 5.74) is 1.67. The number of sulfonamides is 1. The highest BCUT2D eigenvalue weighted by molar-refractivity contribution is 7.88. The van der Waals surface area contributed by atoms with E-state index in [0.29, 0.717) is 43.5 Å². The average molecular weight is 403 g/mol. The van der Waals surface area contributed by atoms with Gasteiger partial charge in [-0.05, 0) is 48.6 Å². The summed E-state index contributed by atoms with van der Waals surface area (Å²) in [5.74, 6) is 0.893. The normalized spacial score (nSPS) is 15.9. The number of nitrogens with one attached hydrogen (secondary N) is 1. The number of rotatable bonds is 7. The summed E-state index contributed by atoms with van der Waals surface area (Å²) in [5, 5.41) is 2.95. The number of hydrogen-bond acceptors (Lipinski definition) is 4. The quantitative estimate of drug-likeness (QED) is 0.773. The summed E-state index contributed by atoms with van der Waals surface area (Å²) >= 11 is 0. The molecule has 0 unspecified atom stereocenters. The highest BCUT2D eigenvalue weighted by Crippen LogP contribution is 2.19. The average Bonchev–Trinajstić information content (AvgIpc) is 2.71. The van der Waals surface area contributed by atoms with Gasteiger partial charge in [-0.15, -0.1) is 0 Å². The Hall–Kier alpha value is -2.38. The van der Waals surface area contributed by atoms with Crippen LogP contribution in [0.5, 0.6) is 5.75 Å². The lowest BCUT2D eigenvalue weighted by molar-refractivity contribution is 0.0941. The highest BCUT2D eigenvalue weighted by atomic mass is 32.2. The lowest BCUT2D eigenvalue weighted by atomic mass is 9.98. The Kier molecular flexibility index (Phi) is 6.70. The molecule has 2 aromatic rings. The lowest BCUT2D eigenvalue weighted by Crippen LogP contribution is -2.41. The summed E-state index contributed by atoms with van der Waals surface area (Å²) in [7, 11) is -3.12. The van der Waals surface area contributed by atoms with Crippen LogP contribution in [-0.2, 0) is 16.6 Å². The van der Waals surface area contributed by atoms with Gasteiger partial charge >= 0.3 is 0 Å². The van der Waals surface area contributed by atoms with Crippen LogP contribution in [0.1, 0.15) is 28.8 Å². The molecule has 0 saturated carbocycles. The van der Waals surface area contributed by atoms with E-state index < -0.39 is 10.0 Å². The van der Waals surface area contributed by atoms with Crippen molar-refractivity contribution in [2.75, 3.05) is 25.9 Å². The van der Waals surface area contributed by atoms with Crippen molar-refractivity contribution in [1.82, 2.24) is 9.62 Å². The van der Waals surface area contributed by atoms with Crippen molar-refractivity contribution in [2.45, 2.75) is 19.4 Å². The zero-order valence-electron chi connectivity index (χ0n) is 16.0. The highest BCUT2D eigenvalue weighted by Gasteiger charge is 2.25. The first kappa shape index (κ1) is 20.4. The van der Waals surface area contributed by atoms with Crippen LogP contribution >= 0.6 is 0 Å². The van der Waals surface area contributed by atoms with Gasteiger partial charge in [-0.2, -0.15) is 0 Å². The van der Waals surface area contributed by atoms with Crippen molar-refractivity contribution < 1.29 is 17.9 Å². The van der Waals surface area contributed by atoms with Gasteiger partial charge in [0.15, 0.2) is 0 Å². The van der Waals surface area contributed by atoms with E-state index in [2.05, 4.69) is 5.32 Å². The van der Waals surface area contributed by atoms with E-state index in [4.69, 9.17) is 4.74 Å². The lowest BCUT2D eigenvalue weighted by Gasteiger charge is -2.30. The van der Waals surface area contributed by atoms with Gasteiger partial charge in [0.1, 0.15) is 12.4 Å². The van der Waals surface area contributed by atoms with Gasteiger partial charge in [0, 0.05) is 25.2 Å². The van der Waals surface area contributed by atoms with E-state index in [-0.39, 0.29) is 5.91 Å². The summed E-state index contributed by atoms with van der Waals surface area (Å²) in [6, 6.07) is 17.0. The molecule has 0 bridgehead atoms. The van der Waals surface area contributed by atoms with Crippen molar-refractivity contribution in [3.8, 4) is 5.75 Å². The molecule has 0 aliphatic carbocycles. The Balaban J connectivity index is 1.43. The molecule has 0 aromatic heterocycles. The molecule has 1 amide bonds. The van der Waals surface area contributed by atoms with Gasteiger partial charge in [0.05, 0.1) is 6.26 Å². The number of nitrogens with zero attached hydrogens (tertiary/aromatic N) is 1. The Labute approximate surface area is 166 Å². The molecule has 1 fully saturated rings. The van der Waals surface area contributed by atoms with Gasteiger partial charge in [-0.1, -0.05) is 30.3 Å². The number of ether oxygens (including phenoxy) is 1. The van der Waals surface area contributed by atoms with Crippen molar-refractivity contribution in [3.05, 3.63) is 65.7 Å². The predicted octanol–water partition coefficient (Wildman–Crippen LogP) is 2.67. The van der Waals surface area contributed by atoms with E-state index in [0.717, 1.165) is 18.4 Å². The summed E-state index contributed by atoms with van der Waals surface area (Å²) < 4.78 is 30.3. The number of carbonyl (C=O) groups excluding carboxylic acids is 1. The van der Waals surface area contributed by atoms with Gasteiger partial charge in [-0.25, -0.2) is 12.7 Å². The molecule has 0 spiro atoms. The fourth-order valence-electron chi connectivity index (χ4n) is 3.23. The molecular formula is C21H26N2O4S. The summed E-state index contributed by atoms with van der Waals surface area (Å²) in [6.45, 7) is 2.08. The molecule has 0 radical (unpaired) electrons. The van der Waals surface area contributed by atoms with Crippen LogP contribution in [0.3, 0.4) is 0 Å². The third-order valence-electron chi connectivity index (χ3n) is 4.96. The monoisotopic (exact) mass is 402 g/mol. The van der Waals surface area contributed by atoms with Crippen molar-refractivity contribution in [2.24, 2.45) is 5.92 Å². The zero-order valence-corrected chi connectivity index (χ0v) is 16.8. The van der Waals surface area contributed by atoms with Crippen LogP contribution in [0, 0.1) is 5.92 Å². The molecule has 1 heterocycles. The van der Waals surface area contributed by atoms with Crippen LogP contribution in [-0.4, -0.2) is 44.5 Å². The van der Waals surface area contributed by atoms with E-state index in [1.54, 1.807) is 24.3 Å². The Morgan fingerprint density at radius 1 is 1.07 bits per heavy atom. The van der Waals surface area contributed by atoms with Crippen LogP contribution < -0.4 is 10.1 Å². The second-order valence-electron chi connectivity index (χ2n) is 7.11. The van der Waals surface area contributed by atoms with Gasteiger partial charge in [0.2, 0.25) is 10.0 Å². The first-order valence-corrected chi connectivity index (χ1v) is 11.3. The number of hydrogen-bond donors (Lipinski definition) is 1. The minimum atomic E-state index is -3.12. The number of amides is 1. The molecule has 1 aliphatic rings. The molecule has 6 nitrogen and oxygen atoms in total. The van der Waals surface area contributed by atoms with Crippen LogP contribution in [0.25, 0.3) is 0 Å². The maximum atomic E-state index is 12.3. The van der Waals surface area contributed by atoms with E-state index in [1.807, 2.05) is 30.3 Å². The first-order valence-electron chi connectivity index (χ1n) is 9.42. The van der Waals surface area contributed by atoms with Crippen LogP contribution in [0.4, 0.5) is 0 Å². The van der Waals surface area contributed by atoms with E-state index >= 15 is 0 Å². The summed E-state index contributed by atoms with van der Waals surface area (Å²) in [6.07, 6.45) is 2.77. The van der Waals surface area contributed by atoms with Crippen molar-refractivity contribution in [3.63, 3.8) is 0 Å². The summed E-state index contributed by atoms with van der Waals surface area (Å²) in [4.78, 5) is 12.3. The number of carbonyl (C=O) groups is 1. The third-order valence-corrected chi connectivity index (χ3v) is 6.26. The largest absolute Gasteiger partial charge is 0.489 e. The number of piperidine rings is 1. The standard InChI is InChI=1S/C21H26N2O4S/c1-28(25,26)23-13-11-17(12-14-23)15-22-21(24)19-7-9-20(10-8-19)27-16-18-5-3-2-4-6-18/h2-10,17H,11-16H2,1H3,(H,22,24). The maximum absolute atomic E-state index is 12.3. The minimum absolute atomic E-state index is 0.125. The molecule has 2 aromatic carbocycles. The predicted molar refractivity (Wildman–Crippen MR) is 109 cm³/mol. The smallest absolute Gasteiger partial charge is 0.251 e. The third kappa shape index (κ3) is 5.81. The van der Waals surface area contributed by atoms with Gasteiger partial charge < -0.3 is 10.1 Å². The SMILES string of the molecule is CS(=O)(=O)N1CCC(CNC(=O)c2ccc(OCc3ccccc3)cc2)CC1. The number of benzene rings is 2. The Morgan fingerprint density at radius 2 is 1.71 bits per heavy atom. The van der Waals surface area contributed by atoms with Crippen molar-refractivity contribution in [1.29, 1.82) is 0 Å². The maximum Gasteiger partial charge on any atom is 0.251 e. The molecule has 28 heavy (non-hydrogen) atoms. The molecule has 3 rings (SSSR count). The second kappa shape index (κ2) is 9.21. The first-order chi connectivity index (χ1) is 13.4. The Morgan fingerprint density at radius 3 is 2.32 bits per heavy atom. The molecule has 1 saturated heterocycles. The van der Waals surface area contributed by atoms with E-state index in [1.165, 1.54) is 10.6 Å². The fraction of sp³-hybridized carbons (Fsp3) is 0.381. The molecule has 7 heteroatoms. The Bertz CT molecular complexity index is 874. The van der Waals surface area contributed by atoms with Crippen molar-refractivity contribution >= 4 is 15.9 Å². The zero-order chi connectivity index (χ0) is 20.0. The molecule has 150 valence electrons. The van der Waals surface area contributed by atoms with Crippen LogP contribution in [0.15, 0.2) is 54.6 Å². The molecule has 1 aliphatic heterocycles. The van der Waals surface area contributed by atoms with Gasteiger partial charge in [0.25, 0.3) is 5.91 Å². The molecular weight excluding hydrogens is 376 g/mol. The van der Waals surface area contributed by atoms with Crippen LogP contribution in [0.2, 0.25) is 0 Å².